The number of aromatic nitrogens is 3. The molecule has 0 atom stereocenters. The molecule has 2 aliphatic rings. The molecule has 3 heterocycles. The molecule has 4 rings (SSSR count). The van der Waals surface area contributed by atoms with Gasteiger partial charge in [0.2, 0.25) is 5.95 Å². The lowest BCUT2D eigenvalue weighted by molar-refractivity contribution is -0.137. The maximum Gasteiger partial charge on any atom is 0.421 e. The van der Waals surface area contributed by atoms with Gasteiger partial charge in [-0.05, 0) is 37.4 Å². The quantitative estimate of drug-likeness (QED) is 0.787. The Labute approximate surface area is 142 Å². The summed E-state index contributed by atoms with van der Waals surface area (Å²) >= 11 is 0. The van der Waals surface area contributed by atoms with Crippen LogP contribution in [-0.2, 0) is 19.1 Å². The fourth-order valence-corrected chi connectivity index (χ4v) is 2.72. The molecule has 0 amide bonds. The Morgan fingerprint density at radius 3 is 2.76 bits per heavy atom. The van der Waals surface area contributed by atoms with Crippen molar-refractivity contribution in [3.63, 3.8) is 0 Å². The molecule has 1 aliphatic carbocycles. The smallest absolute Gasteiger partial charge is 0.367 e. The average molecular weight is 350 g/mol. The highest BCUT2D eigenvalue weighted by Gasteiger charge is 2.36. The van der Waals surface area contributed by atoms with Crippen LogP contribution in [0.15, 0.2) is 18.5 Å². The zero-order chi connectivity index (χ0) is 17.4. The van der Waals surface area contributed by atoms with Gasteiger partial charge in [-0.15, -0.1) is 0 Å². The highest BCUT2D eigenvalue weighted by Crippen LogP contribution is 2.36. The van der Waals surface area contributed by atoms with Gasteiger partial charge in [-0.1, -0.05) is 0 Å². The molecule has 0 radical (unpaired) electrons. The predicted octanol–water partition coefficient (Wildman–Crippen LogP) is 2.85. The zero-order valence-electron chi connectivity index (χ0n) is 13.3. The van der Waals surface area contributed by atoms with Gasteiger partial charge in [0.1, 0.15) is 11.4 Å². The van der Waals surface area contributed by atoms with Crippen molar-refractivity contribution in [2.45, 2.75) is 38.0 Å². The first kappa shape index (κ1) is 16.1. The van der Waals surface area contributed by atoms with Gasteiger partial charge in [0.15, 0.2) is 0 Å². The van der Waals surface area contributed by atoms with Gasteiger partial charge in [0.05, 0.1) is 17.6 Å². The van der Waals surface area contributed by atoms with Gasteiger partial charge in [0, 0.05) is 18.8 Å². The van der Waals surface area contributed by atoms with Crippen molar-refractivity contribution in [1.29, 1.82) is 0 Å². The Morgan fingerprint density at radius 2 is 2.00 bits per heavy atom. The van der Waals surface area contributed by atoms with Crippen LogP contribution in [0.5, 0.6) is 0 Å². The predicted molar refractivity (Wildman–Crippen MR) is 86.6 cm³/mol. The van der Waals surface area contributed by atoms with Crippen LogP contribution >= 0.6 is 0 Å². The summed E-state index contributed by atoms with van der Waals surface area (Å²) < 4.78 is 39.3. The standard InChI is InChI=1S/C16H17F3N6/c17-16(18,19)12-7-22-15(25-14(12)23-10-1-2-10)24-11-5-9-3-4-20-8-13(9)21-6-11/h5-7,10,20H,1-4,8H2,(H2,22,23,24,25). The van der Waals surface area contributed by atoms with E-state index in [1.807, 2.05) is 6.07 Å². The summed E-state index contributed by atoms with van der Waals surface area (Å²) in [5.74, 6) is -0.0607. The second-order valence-electron chi connectivity index (χ2n) is 6.25. The summed E-state index contributed by atoms with van der Waals surface area (Å²) in [6, 6.07) is 2.00. The van der Waals surface area contributed by atoms with Crippen LogP contribution in [-0.4, -0.2) is 27.5 Å². The van der Waals surface area contributed by atoms with Crippen LogP contribution < -0.4 is 16.0 Å². The van der Waals surface area contributed by atoms with Crippen molar-refractivity contribution in [2.24, 2.45) is 0 Å². The van der Waals surface area contributed by atoms with E-state index in [0.717, 1.165) is 49.8 Å². The molecule has 6 nitrogen and oxygen atoms in total. The van der Waals surface area contributed by atoms with Gasteiger partial charge >= 0.3 is 6.18 Å². The fourth-order valence-electron chi connectivity index (χ4n) is 2.72. The second kappa shape index (κ2) is 6.14. The lowest BCUT2D eigenvalue weighted by atomic mass is 10.1. The van der Waals surface area contributed by atoms with Crippen molar-refractivity contribution >= 4 is 17.5 Å². The van der Waals surface area contributed by atoms with Gasteiger partial charge in [-0.2, -0.15) is 18.2 Å². The molecule has 25 heavy (non-hydrogen) atoms. The van der Waals surface area contributed by atoms with Gasteiger partial charge in [-0.3, -0.25) is 4.98 Å². The van der Waals surface area contributed by atoms with Crippen LogP contribution in [0, 0.1) is 0 Å². The number of nitrogens with one attached hydrogen (secondary N) is 3. The average Bonchev–Trinajstić information content (AvgIpc) is 3.38. The molecule has 0 saturated heterocycles. The number of alkyl halides is 3. The first-order valence-electron chi connectivity index (χ1n) is 8.15. The maximum atomic E-state index is 13.1. The number of hydrogen-bond donors (Lipinski definition) is 3. The summed E-state index contributed by atoms with van der Waals surface area (Å²) in [4.78, 5) is 12.2. The van der Waals surface area contributed by atoms with Crippen LogP contribution in [0.4, 0.5) is 30.6 Å². The summed E-state index contributed by atoms with van der Waals surface area (Å²) in [5.41, 5.74) is 1.92. The van der Waals surface area contributed by atoms with Crippen LogP contribution in [0.1, 0.15) is 29.7 Å². The molecule has 1 saturated carbocycles. The minimum Gasteiger partial charge on any atom is -0.367 e. The maximum absolute atomic E-state index is 13.1. The van der Waals surface area contributed by atoms with E-state index in [9.17, 15) is 13.2 Å². The van der Waals surface area contributed by atoms with E-state index in [0.29, 0.717) is 5.69 Å². The van der Waals surface area contributed by atoms with E-state index < -0.39 is 11.7 Å². The van der Waals surface area contributed by atoms with Crippen molar-refractivity contribution in [1.82, 2.24) is 20.3 Å². The van der Waals surface area contributed by atoms with Crippen molar-refractivity contribution in [2.75, 3.05) is 17.2 Å². The molecule has 0 aromatic carbocycles. The molecule has 2 aromatic heterocycles. The van der Waals surface area contributed by atoms with Crippen molar-refractivity contribution in [3.05, 3.63) is 35.3 Å². The molecule has 0 bridgehead atoms. The Balaban J connectivity index is 1.59. The normalized spacial score (nSPS) is 17.1. The SMILES string of the molecule is FC(F)(F)c1cnc(Nc2cnc3c(c2)CCNC3)nc1NC1CC1. The highest BCUT2D eigenvalue weighted by atomic mass is 19.4. The summed E-state index contributed by atoms with van der Waals surface area (Å²) in [6.07, 6.45) is 0.534. The molecule has 2 aromatic rings. The number of fused-ring (bicyclic) bond motifs is 1. The van der Waals surface area contributed by atoms with Gasteiger partial charge < -0.3 is 16.0 Å². The lowest BCUT2D eigenvalue weighted by Gasteiger charge is -2.17. The van der Waals surface area contributed by atoms with E-state index in [4.69, 9.17) is 0 Å². The Hall–Kier alpha value is -2.42. The van der Waals surface area contributed by atoms with E-state index in [-0.39, 0.29) is 17.8 Å². The number of hydrogen-bond acceptors (Lipinski definition) is 6. The highest BCUT2D eigenvalue weighted by molar-refractivity contribution is 5.57. The molecular weight excluding hydrogens is 333 g/mol. The number of anilines is 3. The monoisotopic (exact) mass is 350 g/mol. The van der Waals surface area contributed by atoms with E-state index in [2.05, 4.69) is 30.9 Å². The fraction of sp³-hybridized carbons (Fsp3) is 0.438. The van der Waals surface area contributed by atoms with E-state index >= 15 is 0 Å². The third-order valence-electron chi connectivity index (χ3n) is 4.19. The number of halogens is 3. The molecule has 0 spiro atoms. The Kier molecular flexibility index (Phi) is 3.95. The van der Waals surface area contributed by atoms with E-state index in [1.54, 1.807) is 6.20 Å². The molecule has 1 aliphatic heterocycles. The number of nitrogens with zero attached hydrogens (tertiary/aromatic N) is 3. The second-order valence-corrected chi connectivity index (χ2v) is 6.25. The number of rotatable bonds is 4. The summed E-state index contributed by atoms with van der Waals surface area (Å²) in [7, 11) is 0. The Bertz CT molecular complexity index is 788. The van der Waals surface area contributed by atoms with Crippen molar-refractivity contribution in [3.8, 4) is 0 Å². The zero-order valence-corrected chi connectivity index (χ0v) is 13.3. The molecular formula is C16H17F3N6. The summed E-state index contributed by atoms with van der Waals surface area (Å²) in [6.45, 7) is 1.60. The molecule has 1 fully saturated rings. The van der Waals surface area contributed by atoms with Gasteiger partial charge in [-0.25, -0.2) is 4.98 Å². The van der Waals surface area contributed by atoms with Gasteiger partial charge in [0.25, 0.3) is 0 Å². The third-order valence-corrected chi connectivity index (χ3v) is 4.19. The molecule has 0 unspecified atom stereocenters. The summed E-state index contributed by atoms with van der Waals surface area (Å²) in [5, 5.41) is 9.03. The van der Waals surface area contributed by atoms with Crippen molar-refractivity contribution < 1.29 is 13.2 Å². The number of pyridine rings is 1. The minimum atomic E-state index is -4.49. The molecule has 3 N–H and O–H groups in total. The largest absolute Gasteiger partial charge is 0.421 e. The molecule has 132 valence electrons. The minimum absolute atomic E-state index is 0.0572. The topological polar surface area (TPSA) is 74.8 Å². The first-order valence-corrected chi connectivity index (χ1v) is 8.15. The lowest BCUT2D eigenvalue weighted by Crippen LogP contribution is -2.24. The molecule has 9 heteroatoms. The van der Waals surface area contributed by atoms with Crippen LogP contribution in [0.25, 0.3) is 0 Å². The van der Waals surface area contributed by atoms with Crippen LogP contribution in [0.2, 0.25) is 0 Å². The van der Waals surface area contributed by atoms with Crippen LogP contribution in [0.3, 0.4) is 0 Å². The Morgan fingerprint density at radius 1 is 1.16 bits per heavy atom. The first-order chi connectivity index (χ1) is 12.0. The third kappa shape index (κ3) is 3.65. The van der Waals surface area contributed by atoms with E-state index in [1.165, 1.54) is 0 Å².